The first-order valence-corrected chi connectivity index (χ1v) is 7.64. The summed E-state index contributed by atoms with van der Waals surface area (Å²) in [6.45, 7) is 7.24. The first-order valence-electron chi connectivity index (χ1n) is 6.85. The molecule has 0 bridgehead atoms. The average molecular weight is 341 g/mol. The summed E-state index contributed by atoms with van der Waals surface area (Å²) in [5.74, 6) is 0.655. The number of nitrogens with zero attached hydrogens (tertiary/aromatic N) is 2. The number of amidine groups is 1. The van der Waals surface area contributed by atoms with Gasteiger partial charge in [0, 0.05) is 29.8 Å². The van der Waals surface area contributed by atoms with Crippen LogP contribution < -0.4 is 10.6 Å². The molecule has 0 aliphatic heterocycles. The van der Waals surface area contributed by atoms with E-state index >= 15 is 0 Å². The van der Waals surface area contributed by atoms with Gasteiger partial charge in [0.25, 0.3) is 0 Å². The number of benzene rings is 1. The minimum Gasteiger partial charge on any atom is -0.384 e. The summed E-state index contributed by atoms with van der Waals surface area (Å²) in [5, 5.41) is 7.82. The Balaban J connectivity index is 3.12. The molecule has 0 atom stereocenters. The Morgan fingerprint density at radius 2 is 1.95 bits per heavy atom. The molecule has 4 nitrogen and oxygen atoms in total. The van der Waals surface area contributed by atoms with Crippen molar-refractivity contribution >= 4 is 27.5 Å². The fourth-order valence-corrected chi connectivity index (χ4v) is 2.68. The van der Waals surface area contributed by atoms with E-state index in [4.69, 9.17) is 11.1 Å². The summed E-state index contributed by atoms with van der Waals surface area (Å²) in [6, 6.07) is 5.97. The van der Waals surface area contributed by atoms with Gasteiger partial charge in [-0.25, -0.2) is 0 Å². The highest BCUT2D eigenvalue weighted by molar-refractivity contribution is 9.10. The molecule has 0 heterocycles. The number of hydrogen-bond donors (Lipinski definition) is 2. The number of hydrogen-bond acceptors (Lipinski definition) is 3. The lowest BCUT2D eigenvalue weighted by molar-refractivity contribution is 0.409. The Morgan fingerprint density at radius 3 is 2.45 bits per heavy atom. The van der Waals surface area contributed by atoms with Crippen molar-refractivity contribution < 1.29 is 0 Å². The molecule has 0 aliphatic rings. The summed E-state index contributed by atoms with van der Waals surface area (Å²) in [7, 11) is 4.14. The molecule has 0 saturated carbocycles. The molecule has 0 spiro atoms. The van der Waals surface area contributed by atoms with Gasteiger partial charge in [-0.3, -0.25) is 5.41 Å². The van der Waals surface area contributed by atoms with E-state index in [1.807, 2.05) is 18.2 Å². The Morgan fingerprint density at radius 1 is 1.30 bits per heavy atom. The van der Waals surface area contributed by atoms with Crippen molar-refractivity contribution in [3.63, 3.8) is 0 Å². The second kappa shape index (κ2) is 7.64. The molecule has 0 aliphatic carbocycles. The lowest BCUT2D eigenvalue weighted by Gasteiger charge is -2.30. The topological polar surface area (TPSA) is 56.4 Å². The Kier molecular flexibility index (Phi) is 6.49. The minimum absolute atomic E-state index is 0.103. The van der Waals surface area contributed by atoms with Gasteiger partial charge in [0.2, 0.25) is 0 Å². The molecule has 0 saturated heterocycles. The van der Waals surface area contributed by atoms with E-state index in [1.165, 1.54) is 0 Å². The first-order chi connectivity index (χ1) is 9.32. The average Bonchev–Trinajstić information content (AvgIpc) is 2.33. The maximum absolute atomic E-state index is 7.82. The third-order valence-corrected chi connectivity index (χ3v) is 3.67. The van der Waals surface area contributed by atoms with E-state index in [0.29, 0.717) is 5.92 Å². The van der Waals surface area contributed by atoms with Gasteiger partial charge in [0.1, 0.15) is 5.84 Å². The van der Waals surface area contributed by atoms with Gasteiger partial charge in [-0.05, 0) is 48.1 Å². The van der Waals surface area contributed by atoms with Crippen LogP contribution in [-0.4, -0.2) is 44.5 Å². The van der Waals surface area contributed by atoms with E-state index in [2.05, 4.69) is 53.7 Å². The van der Waals surface area contributed by atoms with Crippen molar-refractivity contribution in [3.8, 4) is 0 Å². The molecule has 3 N–H and O–H groups in total. The van der Waals surface area contributed by atoms with Crippen molar-refractivity contribution in [3.05, 3.63) is 28.2 Å². The molecule has 5 heteroatoms. The fraction of sp³-hybridized carbons (Fsp3) is 0.533. The fourth-order valence-electron chi connectivity index (χ4n) is 2.11. The largest absolute Gasteiger partial charge is 0.384 e. The van der Waals surface area contributed by atoms with Crippen molar-refractivity contribution in [1.82, 2.24) is 4.90 Å². The van der Waals surface area contributed by atoms with Crippen LogP contribution in [-0.2, 0) is 0 Å². The predicted molar refractivity (Wildman–Crippen MR) is 90.8 cm³/mol. The molecule has 1 aromatic rings. The zero-order valence-electron chi connectivity index (χ0n) is 12.8. The highest BCUT2D eigenvalue weighted by Crippen LogP contribution is 2.28. The molecule has 20 heavy (non-hydrogen) atoms. The summed E-state index contributed by atoms with van der Waals surface area (Å²) in [5.41, 5.74) is 7.57. The van der Waals surface area contributed by atoms with Crippen LogP contribution in [0.4, 0.5) is 5.69 Å². The smallest absolute Gasteiger partial charge is 0.126 e. The van der Waals surface area contributed by atoms with Crippen LogP contribution in [0.1, 0.15) is 19.4 Å². The van der Waals surface area contributed by atoms with E-state index in [0.717, 1.165) is 35.4 Å². The number of nitrogens with two attached hydrogens (primary N) is 1. The van der Waals surface area contributed by atoms with Gasteiger partial charge in [-0.15, -0.1) is 0 Å². The molecule has 0 radical (unpaired) electrons. The second-order valence-electron chi connectivity index (χ2n) is 5.69. The third-order valence-electron chi connectivity index (χ3n) is 3.00. The van der Waals surface area contributed by atoms with Crippen molar-refractivity contribution in [2.45, 2.75) is 13.8 Å². The monoisotopic (exact) mass is 340 g/mol. The van der Waals surface area contributed by atoms with Gasteiger partial charge in [0.15, 0.2) is 0 Å². The lowest BCUT2D eigenvalue weighted by atomic mass is 10.1. The number of halogens is 1. The number of nitrogens with one attached hydrogen (secondary N) is 1. The highest BCUT2D eigenvalue weighted by atomic mass is 79.9. The predicted octanol–water partition coefficient (Wildman–Crippen LogP) is 2.76. The minimum atomic E-state index is 0.103. The molecule has 0 aromatic heterocycles. The number of anilines is 1. The van der Waals surface area contributed by atoms with Crippen LogP contribution >= 0.6 is 15.9 Å². The summed E-state index contributed by atoms with van der Waals surface area (Å²) >= 11 is 3.50. The molecular weight excluding hydrogens is 316 g/mol. The SMILES string of the molecule is CC(C)CN(CCN(C)C)c1cccc(Br)c1C(=N)N. The van der Waals surface area contributed by atoms with E-state index in [-0.39, 0.29) is 5.84 Å². The normalized spacial score (nSPS) is 11.2. The molecule has 112 valence electrons. The van der Waals surface area contributed by atoms with Gasteiger partial charge in [-0.1, -0.05) is 19.9 Å². The number of likely N-dealkylation sites (N-methyl/N-ethyl adjacent to an activating group) is 1. The zero-order valence-corrected chi connectivity index (χ0v) is 14.4. The van der Waals surface area contributed by atoms with Crippen molar-refractivity contribution in [2.75, 3.05) is 38.6 Å². The maximum atomic E-state index is 7.82. The summed E-state index contributed by atoms with van der Waals surface area (Å²) < 4.78 is 0.876. The van der Waals surface area contributed by atoms with Crippen LogP contribution in [0.2, 0.25) is 0 Å². The van der Waals surface area contributed by atoms with Crippen LogP contribution in [0.5, 0.6) is 0 Å². The number of rotatable bonds is 7. The molecule has 0 amide bonds. The van der Waals surface area contributed by atoms with Crippen LogP contribution in [0, 0.1) is 11.3 Å². The maximum Gasteiger partial charge on any atom is 0.126 e. The lowest BCUT2D eigenvalue weighted by Crippen LogP contribution is -2.35. The molecule has 0 fully saturated rings. The van der Waals surface area contributed by atoms with E-state index in [9.17, 15) is 0 Å². The molecule has 1 aromatic carbocycles. The van der Waals surface area contributed by atoms with E-state index in [1.54, 1.807) is 0 Å². The van der Waals surface area contributed by atoms with Crippen LogP contribution in [0.3, 0.4) is 0 Å². The van der Waals surface area contributed by atoms with Crippen molar-refractivity contribution in [2.24, 2.45) is 11.7 Å². The van der Waals surface area contributed by atoms with E-state index < -0.39 is 0 Å². The summed E-state index contributed by atoms with van der Waals surface area (Å²) in [6.07, 6.45) is 0. The third kappa shape index (κ3) is 4.80. The first kappa shape index (κ1) is 17.0. The zero-order chi connectivity index (χ0) is 15.3. The van der Waals surface area contributed by atoms with Gasteiger partial charge in [0.05, 0.1) is 5.56 Å². The van der Waals surface area contributed by atoms with Gasteiger partial charge in [-0.2, -0.15) is 0 Å². The standard InChI is InChI=1S/C15H25BrN4/c1-11(2)10-20(9-8-19(3)4)13-7-5-6-12(16)14(13)15(17)18/h5-7,11H,8-10H2,1-4H3,(H3,17,18). The highest BCUT2D eigenvalue weighted by Gasteiger charge is 2.16. The summed E-state index contributed by atoms with van der Waals surface area (Å²) in [4.78, 5) is 4.48. The molecule has 1 rings (SSSR count). The quantitative estimate of drug-likeness (QED) is 0.592. The Hall–Kier alpha value is -1.07. The van der Waals surface area contributed by atoms with Crippen molar-refractivity contribution in [1.29, 1.82) is 5.41 Å². The Labute approximate surface area is 130 Å². The van der Waals surface area contributed by atoms with Crippen LogP contribution in [0.25, 0.3) is 0 Å². The Bertz CT molecular complexity index is 457. The molecular formula is C15H25BrN4. The molecule has 0 unspecified atom stereocenters. The van der Waals surface area contributed by atoms with Gasteiger partial charge < -0.3 is 15.5 Å². The van der Waals surface area contributed by atoms with Crippen LogP contribution in [0.15, 0.2) is 22.7 Å². The second-order valence-corrected chi connectivity index (χ2v) is 6.55. The number of nitrogen functional groups attached to an aromatic ring is 1. The van der Waals surface area contributed by atoms with Gasteiger partial charge >= 0.3 is 0 Å².